The minimum atomic E-state index is -0.493. The Morgan fingerprint density at radius 2 is 1.83 bits per heavy atom. The molecule has 6 nitrogen and oxygen atoms in total. The highest BCUT2D eigenvalue weighted by Gasteiger charge is 2.16. The van der Waals surface area contributed by atoms with Gasteiger partial charge in [-0.05, 0) is 55.2 Å². The smallest absolute Gasteiger partial charge is 0.340 e. The second kappa shape index (κ2) is 8.06. The fourth-order valence-electron chi connectivity index (χ4n) is 3.60. The molecule has 2 aromatic heterocycles. The molecule has 0 saturated heterocycles. The standard InChI is InChI=1S/C24H23NO5/c1-14-13-29-21-12-22-19(10-18(14)21)15(2)20(24(27)30-22)11-23(26)25-9-8-16-4-6-17(28-3)7-5-16/h4-7,10,12-13H,8-9,11H2,1-3H3,(H,25,26). The zero-order chi connectivity index (χ0) is 21.3. The topological polar surface area (TPSA) is 81.7 Å². The highest BCUT2D eigenvalue weighted by molar-refractivity contribution is 5.96. The lowest BCUT2D eigenvalue weighted by molar-refractivity contribution is -0.120. The number of methoxy groups -OCH3 is 1. The van der Waals surface area contributed by atoms with Crippen LogP contribution in [0.3, 0.4) is 0 Å². The normalized spacial score (nSPS) is 11.2. The number of carbonyl (C=O) groups is 1. The van der Waals surface area contributed by atoms with E-state index >= 15 is 0 Å². The van der Waals surface area contributed by atoms with Crippen molar-refractivity contribution in [3.05, 3.63) is 75.3 Å². The maximum atomic E-state index is 12.5. The fraction of sp³-hybridized carbons (Fsp3) is 0.250. The molecule has 2 aromatic carbocycles. The fourth-order valence-corrected chi connectivity index (χ4v) is 3.60. The molecule has 0 aliphatic rings. The summed E-state index contributed by atoms with van der Waals surface area (Å²) in [5.41, 5.74) is 3.88. The van der Waals surface area contributed by atoms with Gasteiger partial charge in [-0.1, -0.05) is 12.1 Å². The van der Waals surface area contributed by atoms with Gasteiger partial charge in [-0.3, -0.25) is 4.79 Å². The van der Waals surface area contributed by atoms with Crippen LogP contribution in [0, 0.1) is 13.8 Å². The summed E-state index contributed by atoms with van der Waals surface area (Å²) in [4.78, 5) is 24.9. The van der Waals surface area contributed by atoms with E-state index in [0.29, 0.717) is 29.7 Å². The maximum Gasteiger partial charge on any atom is 0.340 e. The quantitative estimate of drug-likeness (QED) is 0.489. The van der Waals surface area contributed by atoms with Gasteiger partial charge in [0.1, 0.15) is 16.9 Å². The SMILES string of the molecule is COc1ccc(CCNC(=O)Cc2c(C)c3cc4c(C)coc4cc3oc2=O)cc1. The van der Waals surface area contributed by atoms with Gasteiger partial charge in [0.05, 0.1) is 25.4 Å². The van der Waals surface area contributed by atoms with E-state index in [2.05, 4.69) is 5.32 Å². The molecule has 30 heavy (non-hydrogen) atoms. The summed E-state index contributed by atoms with van der Waals surface area (Å²) in [6, 6.07) is 11.4. The number of hydrogen-bond donors (Lipinski definition) is 1. The average Bonchev–Trinajstić information content (AvgIpc) is 3.10. The third-order valence-corrected chi connectivity index (χ3v) is 5.41. The molecule has 0 radical (unpaired) electrons. The Morgan fingerprint density at radius 1 is 1.07 bits per heavy atom. The van der Waals surface area contributed by atoms with Crippen molar-refractivity contribution in [1.29, 1.82) is 0 Å². The second-order valence-electron chi connectivity index (χ2n) is 7.38. The van der Waals surface area contributed by atoms with Crippen LogP contribution >= 0.6 is 0 Å². The van der Waals surface area contributed by atoms with Gasteiger partial charge in [0.25, 0.3) is 0 Å². The predicted molar refractivity (Wildman–Crippen MR) is 115 cm³/mol. The number of carbonyl (C=O) groups excluding carboxylic acids is 1. The van der Waals surface area contributed by atoms with Crippen molar-refractivity contribution >= 4 is 27.8 Å². The van der Waals surface area contributed by atoms with E-state index in [0.717, 1.165) is 33.2 Å². The van der Waals surface area contributed by atoms with Crippen LogP contribution in [0.15, 0.2) is 56.3 Å². The Labute approximate surface area is 173 Å². The first-order chi connectivity index (χ1) is 14.5. The van der Waals surface area contributed by atoms with Crippen molar-refractivity contribution in [2.45, 2.75) is 26.7 Å². The van der Waals surface area contributed by atoms with Crippen molar-refractivity contribution in [1.82, 2.24) is 5.32 Å². The van der Waals surface area contributed by atoms with Crippen molar-refractivity contribution in [3.63, 3.8) is 0 Å². The number of benzene rings is 2. The number of fused-ring (bicyclic) bond motifs is 2. The second-order valence-corrected chi connectivity index (χ2v) is 7.38. The van der Waals surface area contributed by atoms with Gasteiger partial charge in [-0.2, -0.15) is 0 Å². The molecule has 4 rings (SSSR count). The van der Waals surface area contributed by atoms with E-state index in [1.54, 1.807) is 19.4 Å². The molecule has 0 spiro atoms. The molecule has 154 valence electrons. The Morgan fingerprint density at radius 3 is 2.57 bits per heavy atom. The highest BCUT2D eigenvalue weighted by atomic mass is 16.5. The summed E-state index contributed by atoms with van der Waals surface area (Å²) in [7, 11) is 1.62. The first-order valence-electron chi connectivity index (χ1n) is 9.80. The van der Waals surface area contributed by atoms with Crippen LogP contribution in [-0.4, -0.2) is 19.6 Å². The third kappa shape index (κ3) is 3.81. The molecule has 1 amide bonds. The van der Waals surface area contributed by atoms with E-state index in [1.807, 2.05) is 44.2 Å². The summed E-state index contributed by atoms with van der Waals surface area (Å²) in [5.74, 6) is 0.586. The molecule has 2 heterocycles. The number of amides is 1. The minimum absolute atomic E-state index is 0.0187. The minimum Gasteiger partial charge on any atom is -0.497 e. The number of nitrogens with one attached hydrogen (secondary N) is 1. The molecule has 0 aliphatic heterocycles. The van der Waals surface area contributed by atoms with Gasteiger partial charge >= 0.3 is 5.63 Å². The summed E-state index contributed by atoms with van der Waals surface area (Å²) in [6.45, 7) is 4.29. The lowest BCUT2D eigenvalue weighted by Gasteiger charge is -2.09. The summed E-state index contributed by atoms with van der Waals surface area (Å²) in [6.07, 6.45) is 2.35. The molecule has 0 fully saturated rings. The molecule has 1 N–H and O–H groups in total. The van der Waals surface area contributed by atoms with Gasteiger partial charge < -0.3 is 18.9 Å². The summed E-state index contributed by atoms with van der Waals surface area (Å²) >= 11 is 0. The maximum absolute atomic E-state index is 12.5. The van der Waals surface area contributed by atoms with E-state index in [-0.39, 0.29) is 12.3 Å². The molecule has 0 saturated carbocycles. The summed E-state index contributed by atoms with van der Waals surface area (Å²) in [5, 5.41) is 4.66. The van der Waals surface area contributed by atoms with Crippen LogP contribution < -0.4 is 15.7 Å². The number of aryl methyl sites for hydroxylation is 2. The average molecular weight is 405 g/mol. The van der Waals surface area contributed by atoms with Crippen LogP contribution in [0.4, 0.5) is 0 Å². The Bertz CT molecular complexity index is 1280. The zero-order valence-corrected chi connectivity index (χ0v) is 17.2. The van der Waals surface area contributed by atoms with Crippen LogP contribution in [0.1, 0.15) is 22.3 Å². The van der Waals surface area contributed by atoms with Crippen molar-refractivity contribution in [2.75, 3.05) is 13.7 Å². The van der Waals surface area contributed by atoms with Crippen LogP contribution in [0.5, 0.6) is 5.75 Å². The molecule has 0 unspecified atom stereocenters. The first kappa shape index (κ1) is 19.8. The van der Waals surface area contributed by atoms with Gasteiger partial charge in [0.15, 0.2) is 0 Å². The number of rotatable bonds is 6. The predicted octanol–water partition coefficient (Wildman–Crippen LogP) is 4.07. The first-order valence-corrected chi connectivity index (χ1v) is 9.80. The number of hydrogen-bond acceptors (Lipinski definition) is 5. The van der Waals surface area contributed by atoms with E-state index < -0.39 is 5.63 Å². The zero-order valence-electron chi connectivity index (χ0n) is 17.2. The van der Waals surface area contributed by atoms with E-state index in [4.69, 9.17) is 13.6 Å². The van der Waals surface area contributed by atoms with Gasteiger partial charge in [0, 0.05) is 23.4 Å². The highest BCUT2D eigenvalue weighted by Crippen LogP contribution is 2.28. The molecular formula is C24H23NO5. The molecule has 0 atom stereocenters. The van der Waals surface area contributed by atoms with Crippen LogP contribution in [0.2, 0.25) is 0 Å². The van der Waals surface area contributed by atoms with Crippen LogP contribution in [0.25, 0.3) is 21.9 Å². The lowest BCUT2D eigenvalue weighted by atomic mass is 10.0. The Balaban J connectivity index is 1.49. The molecule has 6 heteroatoms. The van der Waals surface area contributed by atoms with Crippen molar-refractivity contribution < 1.29 is 18.4 Å². The Hall–Kier alpha value is -3.54. The third-order valence-electron chi connectivity index (χ3n) is 5.41. The van der Waals surface area contributed by atoms with Gasteiger partial charge in [-0.25, -0.2) is 4.79 Å². The molecule has 0 bridgehead atoms. The molecular weight excluding hydrogens is 382 g/mol. The van der Waals surface area contributed by atoms with Gasteiger partial charge in [-0.15, -0.1) is 0 Å². The van der Waals surface area contributed by atoms with E-state index in [1.165, 1.54) is 0 Å². The number of ether oxygens (including phenoxy) is 1. The van der Waals surface area contributed by atoms with Gasteiger partial charge in [0.2, 0.25) is 5.91 Å². The lowest BCUT2D eigenvalue weighted by Crippen LogP contribution is -2.29. The monoisotopic (exact) mass is 405 g/mol. The van der Waals surface area contributed by atoms with Crippen molar-refractivity contribution in [2.24, 2.45) is 0 Å². The van der Waals surface area contributed by atoms with Crippen molar-refractivity contribution in [3.8, 4) is 5.75 Å². The molecule has 0 aliphatic carbocycles. The van der Waals surface area contributed by atoms with Crippen LogP contribution in [-0.2, 0) is 17.6 Å². The van der Waals surface area contributed by atoms with E-state index in [9.17, 15) is 9.59 Å². The number of furan rings is 1. The Kier molecular flexibility index (Phi) is 5.31. The summed E-state index contributed by atoms with van der Waals surface area (Å²) < 4.78 is 16.1. The largest absolute Gasteiger partial charge is 0.497 e. The molecule has 4 aromatic rings.